The van der Waals surface area contributed by atoms with E-state index in [9.17, 15) is 19.5 Å². The molecule has 1 aliphatic heterocycles. The molecule has 11 nitrogen and oxygen atoms in total. The lowest BCUT2D eigenvalue weighted by Crippen LogP contribution is -2.39. The lowest BCUT2D eigenvalue weighted by Gasteiger charge is -2.23. The first-order chi connectivity index (χ1) is 16.3. The minimum Gasteiger partial charge on any atom is -0.478 e. The summed E-state index contributed by atoms with van der Waals surface area (Å²) < 4.78 is 11.7. The molecule has 4 N–H and O–H groups in total. The third-order valence-corrected chi connectivity index (χ3v) is 4.98. The Bertz CT molecular complexity index is 1170. The summed E-state index contributed by atoms with van der Waals surface area (Å²) in [6.07, 6.45) is 0.808. The van der Waals surface area contributed by atoms with Gasteiger partial charge in [0, 0.05) is 31.0 Å². The van der Waals surface area contributed by atoms with Gasteiger partial charge in [-0.05, 0) is 36.8 Å². The number of benzene rings is 2. The second kappa shape index (κ2) is 11.0. The van der Waals surface area contributed by atoms with Crippen molar-refractivity contribution in [2.75, 3.05) is 32.0 Å². The standard InChI is InChI=1S/C18H15N3O4.C5H9NO3/c1-11-14(17(22)23)9-12(10-15(11)19)18(24)25-16-7-8-21(20-16)13-5-3-2-4-6-13;7-5(8)6-1-3-9-4-2-6/h2-10H,19H2,1H3,(H,22,23);1-4H2,(H,7,8). The lowest BCUT2D eigenvalue weighted by molar-refractivity contribution is 0.0392. The monoisotopic (exact) mass is 468 g/mol. The number of hydrogen-bond acceptors (Lipinski definition) is 7. The van der Waals surface area contributed by atoms with Crippen molar-refractivity contribution in [2.24, 2.45) is 0 Å². The molecule has 0 saturated carbocycles. The second-order valence-corrected chi connectivity index (χ2v) is 7.25. The van der Waals surface area contributed by atoms with E-state index in [0.717, 1.165) is 5.69 Å². The van der Waals surface area contributed by atoms with Crippen molar-refractivity contribution in [3.8, 4) is 11.6 Å². The molecule has 1 saturated heterocycles. The van der Waals surface area contributed by atoms with E-state index >= 15 is 0 Å². The van der Waals surface area contributed by atoms with E-state index < -0.39 is 18.0 Å². The Morgan fingerprint density at radius 1 is 1.06 bits per heavy atom. The van der Waals surface area contributed by atoms with Gasteiger partial charge in [0.05, 0.1) is 30.0 Å². The van der Waals surface area contributed by atoms with Gasteiger partial charge in [0.15, 0.2) is 0 Å². The molecule has 2 heterocycles. The molecule has 1 amide bonds. The minimum absolute atomic E-state index is 0.0400. The zero-order valence-corrected chi connectivity index (χ0v) is 18.4. The molecule has 11 heteroatoms. The van der Waals surface area contributed by atoms with Crippen LogP contribution in [-0.4, -0.2) is 69.2 Å². The highest BCUT2D eigenvalue weighted by Gasteiger charge is 2.18. The summed E-state index contributed by atoms with van der Waals surface area (Å²) in [5, 5.41) is 21.8. The van der Waals surface area contributed by atoms with Gasteiger partial charge in [-0.15, -0.1) is 5.10 Å². The van der Waals surface area contributed by atoms with Crippen molar-refractivity contribution >= 4 is 23.7 Å². The molecular weight excluding hydrogens is 444 g/mol. The van der Waals surface area contributed by atoms with Gasteiger partial charge in [-0.1, -0.05) is 18.2 Å². The zero-order valence-electron chi connectivity index (χ0n) is 18.4. The highest BCUT2D eigenvalue weighted by molar-refractivity contribution is 5.98. The third kappa shape index (κ3) is 6.11. The molecule has 1 fully saturated rings. The minimum atomic E-state index is -1.16. The highest BCUT2D eigenvalue weighted by Crippen LogP contribution is 2.21. The summed E-state index contributed by atoms with van der Waals surface area (Å²) in [7, 11) is 0. The van der Waals surface area contributed by atoms with Crippen LogP contribution in [0.1, 0.15) is 26.3 Å². The van der Waals surface area contributed by atoms with Gasteiger partial charge in [0.1, 0.15) is 0 Å². The van der Waals surface area contributed by atoms with Gasteiger partial charge in [0.2, 0.25) is 5.88 Å². The number of esters is 1. The molecule has 1 aromatic heterocycles. The fourth-order valence-corrected chi connectivity index (χ4v) is 3.07. The van der Waals surface area contributed by atoms with E-state index in [1.807, 2.05) is 30.3 Å². The molecule has 4 rings (SSSR count). The van der Waals surface area contributed by atoms with E-state index in [1.54, 1.807) is 23.9 Å². The Labute approximate surface area is 194 Å². The van der Waals surface area contributed by atoms with Crippen LogP contribution >= 0.6 is 0 Å². The van der Waals surface area contributed by atoms with Gasteiger partial charge >= 0.3 is 18.0 Å². The van der Waals surface area contributed by atoms with Crippen LogP contribution in [0.4, 0.5) is 10.5 Å². The number of carboxylic acid groups (broad SMARTS) is 2. The van der Waals surface area contributed by atoms with Crippen molar-refractivity contribution in [1.82, 2.24) is 14.7 Å². The molecule has 0 spiro atoms. The average molecular weight is 468 g/mol. The molecule has 3 aromatic rings. The number of rotatable bonds is 4. The average Bonchev–Trinajstić information content (AvgIpc) is 3.30. The second-order valence-electron chi connectivity index (χ2n) is 7.25. The van der Waals surface area contributed by atoms with Crippen LogP contribution in [0, 0.1) is 6.92 Å². The number of para-hydroxylation sites is 1. The largest absolute Gasteiger partial charge is 0.478 e. The van der Waals surface area contributed by atoms with Crippen molar-refractivity contribution in [2.45, 2.75) is 6.92 Å². The first kappa shape index (κ1) is 24.3. The van der Waals surface area contributed by atoms with Crippen molar-refractivity contribution in [3.63, 3.8) is 0 Å². The summed E-state index contributed by atoms with van der Waals surface area (Å²) in [6.45, 7) is 3.67. The number of nitrogens with zero attached hydrogens (tertiary/aromatic N) is 3. The van der Waals surface area contributed by atoms with Crippen LogP contribution in [-0.2, 0) is 4.74 Å². The van der Waals surface area contributed by atoms with E-state index in [0.29, 0.717) is 31.9 Å². The maximum atomic E-state index is 12.3. The predicted molar refractivity (Wildman–Crippen MR) is 121 cm³/mol. The Kier molecular flexibility index (Phi) is 7.83. The van der Waals surface area contributed by atoms with E-state index in [4.69, 9.17) is 20.3 Å². The van der Waals surface area contributed by atoms with Gasteiger partial charge in [-0.3, -0.25) is 0 Å². The van der Waals surface area contributed by atoms with Gasteiger partial charge in [0.25, 0.3) is 0 Å². The number of aromatic nitrogens is 2. The molecule has 0 atom stereocenters. The number of amides is 1. The Balaban J connectivity index is 0.000000302. The number of carbonyl (C=O) groups is 3. The maximum Gasteiger partial charge on any atom is 0.407 e. The highest BCUT2D eigenvalue weighted by atomic mass is 16.5. The van der Waals surface area contributed by atoms with Gasteiger partial charge < -0.3 is 30.3 Å². The normalized spacial score (nSPS) is 12.9. The number of nitrogens with two attached hydrogens (primary N) is 1. The van der Waals surface area contributed by atoms with Gasteiger partial charge in [-0.2, -0.15) is 0 Å². The molecule has 178 valence electrons. The molecule has 1 aliphatic rings. The number of carboxylic acids is 1. The lowest BCUT2D eigenvalue weighted by atomic mass is 10.0. The predicted octanol–water partition coefficient (Wildman–Crippen LogP) is 2.68. The SMILES string of the molecule is Cc1c(N)cc(C(=O)Oc2ccn(-c3ccccc3)n2)cc1C(=O)O.O=C(O)N1CCOCC1. The fourth-order valence-electron chi connectivity index (χ4n) is 3.07. The Morgan fingerprint density at radius 2 is 1.74 bits per heavy atom. The Hall–Kier alpha value is -4.38. The van der Waals surface area contributed by atoms with Crippen molar-refractivity contribution in [1.29, 1.82) is 0 Å². The fraction of sp³-hybridized carbons (Fsp3) is 0.217. The quantitative estimate of drug-likeness (QED) is 0.387. The smallest absolute Gasteiger partial charge is 0.407 e. The summed E-state index contributed by atoms with van der Waals surface area (Å²) >= 11 is 0. The van der Waals surface area contributed by atoms with Crippen molar-refractivity contribution in [3.05, 3.63) is 71.4 Å². The van der Waals surface area contributed by atoms with Crippen LogP contribution in [0.15, 0.2) is 54.7 Å². The molecule has 0 unspecified atom stereocenters. The maximum absolute atomic E-state index is 12.3. The number of morpholine rings is 1. The summed E-state index contributed by atoms with van der Waals surface area (Å²) in [5.41, 5.74) is 7.22. The van der Waals surface area contributed by atoms with Crippen LogP contribution in [0.3, 0.4) is 0 Å². The number of aromatic carboxylic acids is 1. The molecular formula is C23H24N4O7. The summed E-state index contributed by atoms with van der Waals surface area (Å²) in [5.74, 6) is -1.79. The summed E-state index contributed by atoms with van der Waals surface area (Å²) in [6, 6.07) is 13.5. The zero-order chi connectivity index (χ0) is 24.7. The molecule has 0 aliphatic carbocycles. The van der Waals surface area contributed by atoms with Gasteiger partial charge in [-0.25, -0.2) is 19.1 Å². The summed E-state index contributed by atoms with van der Waals surface area (Å²) in [4.78, 5) is 35.1. The number of ether oxygens (including phenoxy) is 2. The first-order valence-electron chi connectivity index (χ1n) is 10.3. The number of hydrogen-bond donors (Lipinski definition) is 3. The first-order valence-corrected chi connectivity index (χ1v) is 10.3. The third-order valence-electron chi connectivity index (χ3n) is 4.98. The number of carbonyl (C=O) groups excluding carboxylic acids is 1. The van der Waals surface area contributed by atoms with E-state index in [2.05, 4.69) is 5.10 Å². The molecule has 0 bridgehead atoms. The van der Waals surface area contributed by atoms with Crippen molar-refractivity contribution < 1.29 is 34.1 Å². The van der Waals surface area contributed by atoms with E-state index in [1.165, 1.54) is 17.0 Å². The Morgan fingerprint density at radius 3 is 2.32 bits per heavy atom. The van der Waals surface area contributed by atoms with Crippen LogP contribution < -0.4 is 10.5 Å². The number of anilines is 1. The molecule has 34 heavy (non-hydrogen) atoms. The molecule has 2 aromatic carbocycles. The van der Waals surface area contributed by atoms with Crippen LogP contribution in [0.2, 0.25) is 0 Å². The molecule has 0 radical (unpaired) electrons. The number of nitrogen functional groups attached to an aromatic ring is 1. The topological polar surface area (TPSA) is 157 Å². The van der Waals surface area contributed by atoms with E-state index in [-0.39, 0.29) is 22.7 Å². The van der Waals surface area contributed by atoms with Crippen LogP contribution in [0.5, 0.6) is 5.88 Å². The van der Waals surface area contributed by atoms with Crippen LogP contribution in [0.25, 0.3) is 5.69 Å².